The van der Waals surface area contributed by atoms with Crippen LogP contribution in [0.2, 0.25) is 0 Å². The number of nitrogens with one attached hydrogen (secondary N) is 1. The van der Waals surface area contributed by atoms with Crippen LogP contribution < -0.4 is 14.8 Å². The average molecular weight is 360 g/mol. The monoisotopic (exact) mass is 359 g/mol. The normalized spacial score (nSPS) is 12.0. The van der Waals surface area contributed by atoms with Gasteiger partial charge in [0.1, 0.15) is 6.04 Å². The Morgan fingerprint density at radius 1 is 1.33 bits per heavy atom. The molecule has 0 saturated heterocycles. The van der Waals surface area contributed by atoms with E-state index in [2.05, 4.69) is 21.2 Å². The Morgan fingerprint density at radius 2 is 2.00 bits per heavy atom. The van der Waals surface area contributed by atoms with Crippen molar-refractivity contribution in [3.8, 4) is 11.5 Å². The molecule has 1 unspecified atom stereocenters. The smallest absolute Gasteiger partial charge is 0.320 e. The van der Waals surface area contributed by atoms with E-state index in [1.54, 1.807) is 6.92 Å². The van der Waals surface area contributed by atoms with Crippen molar-refractivity contribution >= 4 is 21.9 Å². The Bertz CT molecular complexity index is 479. The molecule has 0 radical (unpaired) electrons. The van der Waals surface area contributed by atoms with E-state index in [1.807, 2.05) is 26.0 Å². The molecule has 21 heavy (non-hydrogen) atoms. The molecule has 1 aromatic carbocycles. The predicted molar refractivity (Wildman–Crippen MR) is 85.0 cm³/mol. The van der Waals surface area contributed by atoms with Crippen LogP contribution in [0.25, 0.3) is 0 Å². The van der Waals surface area contributed by atoms with Crippen LogP contribution in [0, 0.1) is 0 Å². The van der Waals surface area contributed by atoms with E-state index in [4.69, 9.17) is 14.6 Å². The number of rotatable bonds is 9. The first kappa shape index (κ1) is 17.8. The first-order valence-corrected chi connectivity index (χ1v) is 7.83. The molecule has 0 saturated carbocycles. The van der Waals surface area contributed by atoms with E-state index in [0.29, 0.717) is 31.3 Å². The third-order valence-electron chi connectivity index (χ3n) is 2.84. The maximum Gasteiger partial charge on any atom is 0.320 e. The average Bonchev–Trinajstić information content (AvgIpc) is 2.45. The third kappa shape index (κ3) is 5.55. The van der Waals surface area contributed by atoms with Crippen molar-refractivity contribution in [2.45, 2.75) is 39.8 Å². The van der Waals surface area contributed by atoms with E-state index in [-0.39, 0.29) is 0 Å². The first-order valence-electron chi connectivity index (χ1n) is 7.03. The highest BCUT2D eigenvalue weighted by atomic mass is 79.9. The molecule has 0 bridgehead atoms. The van der Waals surface area contributed by atoms with Crippen molar-refractivity contribution in [2.24, 2.45) is 0 Å². The number of benzene rings is 1. The highest BCUT2D eigenvalue weighted by Gasteiger charge is 2.14. The van der Waals surface area contributed by atoms with Crippen LogP contribution in [0.4, 0.5) is 0 Å². The van der Waals surface area contributed by atoms with E-state index in [0.717, 1.165) is 16.5 Å². The quantitative estimate of drug-likeness (QED) is 0.708. The zero-order valence-electron chi connectivity index (χ0n) is 12.6. The van der Waals surface area contributed by atoms with E-state index < -0.39 is 12.0 Å². The number of carboxylic acids is 1. The van der Waals surface area contributed by atoms with Crippen LogP contribution in [-0.2, 0) is 11.3 Å². The number of aliphatic carboxylic acids is 1. The van der Waals surface area contributed by atoms with Crippen molar-refractivity contribution in [2.75, 3.05) is 13.2 Å². The minimum absolute atomic E-state index is 0.433. The Labute approximate surface area is 133 Å². The molecular weight excluding hydrogens is 338 g/mol. The molecule has 5 nitrogen and oxygen atoms in total. The fourth-order valence-electron chi connectivity index (χ4n) is 1.66. The van der Waals surface area contributed by atoms with Gasteiger partial charge in [0.2, 0.25) is 0 Å². The minimum atomic E-state index is -0.876. The largest absolute Gasteiger partial charge is 0.490 e. The number of hydrogen-bond donors (Lipinski definition) is 2. The molecule has 0 aromatic heterocycles. The second kappa shape index (κ2) is 8.89. The molecule has 0 aliphatic carbocycles. The maximum absolute atomic E-state index is 10.8. The molecule has 1 aromatic rings. The predicted octanol–water partition coefficient (Wildman–Crippen LogP) is 3.20. The zero-order chi connectivity index (χ0) is 15.8. The highest BCUT2D eigenvalue weighted by molar-refractivity contribution is 9.10. The number of hydrogen-bond acceptors (Lipinski definition) is 4. The van der Waals surface area contributed by atoms with Crippen molar-refractivity contribution in [1.82, 2.24) is 5.32 Å². The van der Waals surface area contributed by atoms with Crippen molar-refractivity contribution < 1.29 is 19.4 Å². The van der Waals surface area contributed by atoms with Crippen molar-refractivity contribution in [3.05, 3.63) is 22.2 Å². The lowest BCUT2D eigenvalue weighted by Gasteiger charge is -2.16. The van der Waals surface area contributed by atoms with Crippen molar-refractivity contribution in [1.29, 1.82) is 0 Å². The van der Waals surface area contributed by atoms with Gasteiger partial charge in [-0.15, -0.1) is 0 Å². The SMILES string of the molecule is CCCOc1cc(Br)c(CNC(C)C(=O)O)cc1OCC. The minimum Gasteiger partial charge on any atom is -0.490 e. The summed E-state index contributed by atoms with van der Waals surface area (Å²) < 4.78 is 12.1. The molecule has 0 amide bonds. The van der Waals surface area contributed by atoms with E-state index in [9.17, 15) is 4.79 Å². The molecule has 0 aliphatic rings. The Kier molecular flexibility index (Phi) is 7.53. The molecule has 0 fully saturated rings. The topological polar surface area (TPSA) is 67.8 Å². The van der Waals surface area contributed by atoms with Gasteiger partial charge in [-0.05, 0) is 38.0 Å². The molecular formula is C15H22BrNO4. The third-order valence-corrected chi connectivity index (χ3v) is 3.58. The Balaban J connectivity index is 2.89. The van der Waals surface area contributed by atoms with Gasteiger partial charge >= 0.3 is 5.97 Å². The Hall–Kier alpha value is -1.27. The summed E-state index contributed by atoms with van der Waals surface area (Å²) in [5.74, 6) is 0.494. The van der Waals surface area contributed by atoms with Gasteiger partial charge in [-0.2, -0.15) is 0 Å². The standard InChI is InChI=1S/C15H22BrNO4/c1-4-6-21-14-8-12(16)11(7-13(14)20-5-2)9-17-10(3)15(18)19/h7-8,10,17H,4-6,9H2,1-3H3,(H,18,19). The summed E-state index contributed by atoms with van der Waals surface area (Å²) >= 11 is 3.49. The lowest BCUT2D eigenvalue weighted by atomic mass is 10.2. The molecule has 0 heterocycles. The fourth-order valence-corrected chi connectivity index (χ4v) is 2.12. The lowest BCUT2D eigenvalue weighted by Crippen LogP contribution is -2.33. The van der Waals surface area contributed by atoms with Gasteiger partial charge < -0.3 is 19.9 Å². The van der Waals surface area contributed by atoms with Crippen LogP contribution in [0.5, 0.6) is 11.5 Å². The molecule has 1 atom stereocenters. The number of carbonyl (C=O) groups is 1. The second-order valence-corrected chi connectivity index (χ2v) is 5.47. The van der Waals surface area contributed by atoms with Crippen LogP contribution in [-0.4, -0.2) is 30.3 Å². The van der Waals surface area contributed by atoms with Crippen LogP contribution in [0.1, 0.15) is 32.8 Å². The molecule has 0 aliphatic heterocycles. The zero-order valence-corrected chi connectivity index (χ0v) is 14.2. The van der Waals surface area contributed by atoms with E-state index in [1.165, 1.54) is 0 Å². The molecule has 0 spiro atoms. The van der Waals surface area contributed by atoms with Crippen molar-refractivity contribution in [3.63, 3.8) is 0 Å². The summed E-state index contributed by atoms with van der Waals surface area (Å²) in [7, 11) is 0. The molecule has 2 N–H and O–H groups in total. The van der Waals surface area contributed by atoms with Gasteiger partial charge in [-0.1, -0.05) is 22.9 Å². The molecule has 118 valence electrons. The Morgan fingerprint density at radius 3 is 2.57 bits per heavy atom. The van der Waals surface area contributed by atoms with Gasteiger partial charge in [0.05, 0.1) is 13.2 Å². The fraction of sp³-hybridized carbons (Fsp3) is 0.533. The summed E-state index contributed by atoms with van der Waals surface area (Å²) in [4.78, 5) is 10.8. The number of halogens is 1. The summed E-state index contributed by atoms with van der Waals surface area (Å²) in [6, 6.07) is 3.13. The summed E-state index contributed by atoms with van der Waals surface area (Å²) in [5.41, 5.74) is 0.926. The van der Waals surface area contributed by atoms with Crippen LogP contribution in [0.15, 0.2) is 16.6 Å². The van der Waals surface area contributed by atoms with E-state index >= 15 is 0 Å². The summed E-state index contributed by atoms with van der Waals surface area (Å²) in [6.07, 6.45) is 0.919. The number of ether oxygens (including phenoxy) is 2. The maximum atomic E-state index is 10.8. The highest BCUT2D eigenvalue weighted by Crippen LogP contribution is 2.34. The second-order valence-electron chi connectivity index (χ2n) is 4.61. The van der Waals surface area contributed by atoms with Crippen LogP contribution >= 0.6 is 15.9 Å². The first-order chi connectivity index (χ1) is 9.99. The van der Waals surface area contributed by atoms with Gasteiger partial charge in [0, 0.05) is 11.0 Å². The lowest BCUT2D eigenvalue weighted by molar-refractivity contribution is -0.139. The van der Waals surface area contributed by atoms with Gasteiger partial charge in [0.15, 0.2) is 11.5 Å². The molecule has 1 rings (SSSR count). The molecule has 6 heteroatoms. The van der Waals surface area contributed by atoms with Gasteiger partial charge in [-0.25, -0.2) is 0 Å². The summed E-state index contributed by atoms with van der Waals surface area (Å²) in [5, 5.41) is 11.8. The van der Waals surface area contributed by atoms with Gasteiger partial charge in [-0.3, -0.25) is 4.79 Å². The summed E-state index contributed by atoms with van der Waals surface area (Å²) in [6.45, 7) is 7.17. The van der Waals surface area contributed by atoms with Gasteiger partial charge in [0.25, 0.3) is 0 Å². The van der Waals surface area contributed by atoms with Crippen LogP contribution in [0.3, 0.4) is 0 Å². The number of carboxylic acid groups (broad SMARTS) is 1.